The minimum Gasteiger partial charge on any atom is -0.478 e. The number of allylic oxidation sites excluding steroid dienone is 1. The fraction of sp³-hybridized carbons (Fsp3) is 0.500. The monoisotopic (exact) mass is 364 g/mol. The third-order valence-corrected chi connectivity index (χ3v) is 4.32. The molecule has 142 valence electrons. The fourth-order valence-corrected chi connectivity index (χ4v) is 2.96. The molecule has 0 aliphatic rings. The predicted molar refractivity (Wildman–Crippen MR) is 97.4 cm³/mol. The minimum atomic E-state index is -1.21. The van der Waals surface area contributed by atoms with Gasteiger partial charge in [-0.3, -0.25) is 20.2 Å². The third kappa shape index (κ3) is 5.94. The van der Waals surface area contributed by atoms with Crippen molar-refractivity contribution in [3.05, 3.63) is 55.6 Å². The number of benzene rings is 1. The maximum Gasteiger partial charge on any atom is 0.327 e. The van der Waals surface area contributed by atoms with Gasteiger partial charge in [-0.25, -0.2) is 4.79 Å². The van der Waals surface area contributed by atoms with Gasteiger partial charge < -0.3 is 5.11 Å². The van der Waals surface area contributed by atoms with Crippen LogP contribution < -0.4 is 0 Å². The van der Waals surface area contributed by atoms with Crippen molar-refractivity contribution in [1.29, 1.82) is 0 Å². The van der Waals surface area contributed by atoms with Crippen LogP contribution in [0.2, 0.25) is 0 Å². The lowest BCUT2D eigenvalue weighted by Gasteiger charge is -2.16. The summed E-state index contributed by atoms with van der Waals surface area (Å²) in [5.41, 5.74) is -0.158. The van der Waals surface area contributed by atoms with Gasteiger partial charge in [-0.1, -0.05) is 39.2 Å². The Kier molecular flexibility index (Phi) is 8.41. The van der Waals surface area contributed by atoms with Gasteiger partial charge in [0.2, 0.25) is 0 Å². The van der Waals surface area contributed by atoms with E-state index < -0.39 is 15.8 Å². The molecule has 1 aromatic rings. The van der Waals surface area contributed by atoms with Crippen LogP contribution in [0.4, 0.5) is 11.4 Å². The molecule has 0 aromatic heterocycles. The van der Waals surface area contributed by atoms with E-state index >= 15 is 0 Å². The first kappa shape index (κ1) is 21.3. The van der Waals surface area contributed by atoms with Crippen LogP contribution in [0.25, 0.3) is 0 Å². The highest BCUT2D eigenvalue weighted by molar-refractivity contribution is 5.79. The number of aliphatic carboxylic acids is 1. The molecule has 0 radical (unpaired) electrons. The smallest absolute Gasteiger partial charge is 0.327 e. The van der Waals surface area contributed by atoms with Crippen LogP contribution in [0.15, 0.2) is 24.3 Å². The first-order valence-corrected chi connectivity index (χ1v) is 8.66. The highest BCUT2D eigenvalue weighted by Gasteiger charge is 2.27. The Labute approximate surface area is 151 Å². The van der Waals surface area contributed by atoms with Gasteiger partial charge in [0.1, 0.15) is 5.56 Å². The molecular formula is C18H24N2O6. The van der Waals surface area contributed by atoms with E-state index in [2.05, 4.69) is 6.92 Å². The number of unbranched alkanes of at least 4 members (excludes halogenated alkanes) is 2. The number of carboxylic acids is 1. The molecule has 0 aliphatic heterocycles. The molecule has 0 saturated carbocycles. The zero-order valence-electron chi connectivity index (χ0n) is 15.0. The number of nitro groups is 2. The van der Waals surface area contributed by atoms with E-state index in [1.165, 1.54) is 18.2 Å². The molecule has 0 spiro atoms. The van der Waals surface area contributed by atoms with E-state index in [-0.39, 0.29) is 29.3 Å². The van der Waals surface area contributed by atoms with Gasteiger partial charge in [-0.15, -0.1) is 0 Å². The second-order valence-corrected chi connectivity index (χ2v) is 6.10. The van der Waals surface area contributed by atoms with Crippen LogP contribution in [0.5, 0.6) is 0 Å². The Bertz CT molecular complexity index is 664. The molecule has 8 heteroatoms. The van der Waals surface area contributed by atoms with Gasteiger partial charge in [0.05, 0.1) is 9.85 Å². The Morgan fingerprint density at radius 2 is 1.73 bits per heavy atom. The van der Waals surface area contributed by atoms with E-state index in [9.17, 15) is 25.0 Å². The van der Waals surface area contributed by atoms with Gasteiger partial charge in [0.25, 0.3) is 11.4 Å². The summed E-state index contributed by atoms with van der Waals surface area (Å²) in [4.78, 5) is 32.2. The number of rotatable bonds is 11. The van der Waals surface area contributed by atoms with Crippen LogP contribution in [-0.2, 0) is 11.2 Å². The van der Waals surface area contributed by atoms with Gasteiger partial charge in [-0.2, -0.15) is 0 Å². The molecule has 0 saturated heterocycles. The zero-order valence-corrected chi connectivity index (χ0v) is 15.0. The molecule has 1 N–H and O–H groups in total. The van der Waals surface area contributed by atoms with Crippen molar-refractivity contribution in [2.45, 2.75) is 58.3 Å². The summed E-state index contributed by atoms with van der Waals surface area (Å²) in [6.45, 7) is 4.04. The van der Waals surface area contributed by atoms with Gasteiger partial charge in [-0.05, 0) is 24.3 Å². The van der Waals surface area contributed by atoms with Crippen molar-refractivity contribution in [1.82, 2.24) is 0 Å². The van der Waals surface area contributed by atoms with Crippen molar-refractivity contribution in [2.75, 3.05) is 0 Å². The lowest BCUT2D eigenvalue weighted by atomic mass is 9.89. The minimum absolute atomic E-state index is 0.0163. The average Bonchev–Trinajstić information content (AvgIpc) is 2.58. The van der Waals surface area contributed by atoms with Crippen molar-refractivity contribution in [3.63, 3.8) is 0 Å². The lowest BCUT2D eigenvalue weighted by molar-refractivity contribution is -0.395. The first-order chi connectivity index (χ1) is 12.3. The third-order valence-electron chi connectivity index (χ3n) is 4.32. The number of nitrogens with zero attached hydrogens (tertiary/aromatic N) is 2. The lowest BCUT2D eigenvalue weighted by Crippen LogP contribution is -2.05. The molecule has 1 aromatic carbocycles. The first-order valence-electron chi connectivity index (χ1n) is 8.66. The molecule has 8 nitrogen and oxygen atoms in total. The van der Waals surface area contributed by atoms with Crippen molar-refractivity contribution < 1.29 is 19.7 Å². The average molecular weight is 364 g/mol. The molecule has 1 unspecified atom stereocenters. The van der Waals surface area contributed by atoms with Crippen molar-refractivity contribution in [3.8, 4) is 0 Å². The fourth-order valence-electron chi connectivity index (χ4n) is 2.96. The second-order valence-electron chi connectivity index (χ2n) is 6.10. The van der Waals surface area contributed by atoms with Crippen LogP contribution in [-0.4, -0.2) is 20.9 Å². The number of carboxylic acid groups (broad SMARTS) is 1. The predicted octanol–water partition coefficient (Wildman–Crippen LogP) is 4.76. The SMILES string of the molecule is CCCCCC(CC)c1cc([N+](=O)[O-])c(CC=CC(=O)O)c([N+](=O)[O-])c1. The largest absolute Gasteiger partial charge is 0.478 e. The number of nitro benzene ring substituents is 2. The molecule has 0 fully saturated rings. The summed E-state index contributed by atoms with van der Waals surface area (Å²) in [6.07, 6.45) is 6.40. The molecule has 1 atom stereocenters. The van der Waals surface area contributed by atoms with Gasteiger partial charge >= 0.3 is 5.97 Å². The number of hydrogen-bond donors (Lipinski definition) is 1. The number of hydrogen-bond acceptors (Lipinski definition) is 5. The van der Waals surface area contributed by atoms with Crippen LogP contribution in [0.3, 0.4) is 0 Å². The quantitative estimate of drug-likeness (QED) is 0.261. The highest BCUT2D eigenvalue weighted by atomic mass is 16.6. The normalized spacial score (nSPS) is 12.2. The summed E-state index contributed by atoms with van der Waals surface area (Å²) in [6, 6.07) is 2.80. The Morgan fingerprint density at radius 1 is 1.15 bits per heavy atom. The van der Waals surface area contributed by atoms with E-state index in [1.54, 1.807) is 0 Å². The number of carbonyl (C=O) groups is 1. The Morgan fingerprint density at radius 3 is 2.15 bits per heavy atom. The van der Waals surface area contributed by atoms with Crippen LogP contribution in [0.1, 0.15) is 63.0 Å². The molecule has 0 aliphatic carbocycles. The molecule has 0 amide bonds. The van der Waals surface area contributed by atoms with Gasteiger partial charge in [0, 0.05) is 24.6 Å². The van der Waals surface area contributed by atoms with Gasteiger partial charge in [0.15, 0.2) is 0 Å². The maximum absolute atomic E-state index is 11.5. The summed E-state index contributed by atoms with van der Waals surface area (Å²) >= 11 is 0. The highest BCUT2D eigenvalue weighted by Crippen LogP contribution is 2.36. The molecule has 0 bridgehead atoms. The van der Waals surface area contributed by atoms with Crippen LogP contribution in [0, 0.1) is 20.2 Å². The molecule has 26 heavy (non-hydrogen) atoms. The molecule has 1 rings (SSSR count). The van der Waals surface area contributed by atoms with E-state index in [0.717, 1.165) is 38.2 Å². The van der Waals surface area contributed by atoms with Crippen molar-refractivity contribution in [2.24, 2.45) is 0 Å². The van der Waals surface area contributed by atoms with E-state index in [1.807, 2.05) is 6.92 Å². The summed E-state index contributed by atoms with van der Waals surface area (Å²) in [5, 5.41) is 31.6. The summed E-state index contributed by atoms with van der Waals surface area (Å²) in [5.74, 6) is -1.20. The van der Waals surface area contributed by atoms with Crippen molar-refractivity contribution >= 4 is 17.3 Å². The molecule has 0 heterocycles. The maximum atomic E-state index is 11.5. The zero-order chi connectivity index (χ0) is 19.7. The van der Waals surface area contributed by atoms with E-state index in [0.29, 0.717) is 5.56 Å². The summed E-state index contributed by atoms with van der Waals surface area (Å²) in [7, 11) is 0. The topological polar surface area (TPSA) is 124 Å². The second kappa shape index (κ2) is 10.3. The molecular weight excluding hydrogens is 340 g/mol. The Balaban J connectivity index is 3.36. The van der Waals surface area contributed by atoms with Crippen LogP contribution >= 0.6 is 0 Å². The van der Waals surface area contributed by atoms with E-state index in [4.69, 9.17) is 5.11 Å². The summed E-state index contributed by atoms with van der Waals surface area (Å²) < 4.78 is 0. The standard InChI is InChI=1S/C18H24N2O6/c1-3-5-6-8-13(4-2)14-11-16(19(23)24)15(9-7-10-18(21)22)17(12-14)20(25)26/h7,10-13H,3-6,8-9H2,1-2H3,(H,21,22). The Hall–Kier alpha value is -2.77.